The summed E-state index contributed by atoms with van der Waals surface area (Å²) < 4.78 is 0. The molecule has 0 bridgehead atoms. The van der Waals surface area contributed by atoms with Gasteiger partial charge in [0.15, 0.2) is 0 Å². The molecule has 1 aromatic rings. The molecule has 11 heavy (non-hydrogen) atoms. The van der Waals surface area contributed by atoms with Crippen molar-refractivity contribution < 1.29 is 0 Å². The normalized spacial score (nSPS) is 11.0. The predicted octanol–water partition coefficient (Wildman–Crippen LogP) is 3.74. The first-order valence-corrected chi connectivity index (χ1v) is 5.06. The van der Waals surface area contributed by atoms with Crippen LogP contribution in [0.4, 0.5) is 0 Å². The van der Waals surface area contributed by atoms with Gasteiger partial charge in [-0.2, -0.15) is 0 Å². The van der Waals surface area contributed by atoms with Crippen molar-refractivity contribution >= 4 is 11.3 Å². The Balaban J connectivity index is 2.97. The van der Waals surface area contributed by atoms with Gasteiger partial charge in [0.1, 0.15) is 0 Å². The van der Waals surface area contributed by atoms with Gasteiger partial charge < -0.3 is 0 Å². The Hall–Kier alpha value is -0.300. The summed E-state index contributed by atoms with van der Waals surface area (Å²) in [6.45, 7) is 8.96. The molecule has 0 radical (unpaired) electrons. The van der Waals surface area contributed by atoms with E-state index in [0.29, 0.717) is 5.92 Å². The highest BCUT2D eigenvalue weighted by Gasteiger charge is 2.06. The van der Waals surface area contributed by atoms with Crippen molar-refractivity contribution in [1.29, 1.82) is 0 Å². The molecule has 0 aromatic carbocycles. The summed E-state index contributed by atoms with van der Waals surface area (Å²) in [5.41, 5.74) is 1.47. The molecule has 0 amide bonds. The summed E-state index contributed by atoms with van der Waals surface area (Å²) in [6.07, 6.45) is 1.18. The van der Waals surface area contributed by atoms with Crippen LogP contribution in [0.2, 0.25) is 0 Å². The SMILES string of the molecule is CCc1cc(C)c(C(C)C)s1. The topological polar surface area (TPSA) is 0 Å². The zero-order valence-electron chi connectivity index (χ0n) is 7.77. The third-order valence-electron chi connectivity index (χ3n) is 1.88. The van der Waals surface area contributed by atoms with Crippen LogP contribution in [0.15, 0.2) is 6.07 Å². The first-order chi connectivity index (χ1) is 5.15. The summed E-state index contributed by atoms with van der Waals surface area (Å²) >= 11 is 1.97. The van der Waals surface area contributed by atoms with Crippen LogP contribution in [0.1, 0.15) is 42.0 Å². The minimum Gasteiger partial charge on any atom is -0.145 e. The second-order valence-corrected chi connectivity index (χ2v) is 4.44. The van der Waals surface area contributed by atoms with Crippen LogP contribution in [-0.2, 0) is 6.42 Å². The van der Waals surface area contributed by atoms with Gasteiger partial charge in [0.2, 0.25) is 0 Å². The molecular formula is C10H16S. The number of thiophene rings is 1. The summed E-state index contributed by atoms with van der Waals surface area (Å²) in [6, 6.07) is 2.32. The van der Waals surface area contributed by atoms with E-state index in [-0.39, 0.29) is 0 Å². The number of aryl methyl sites for hydroxylation is 2. The fraction of sp³-hybridized carbons (Fsp3) is 0.600. The van der Waals surface area contributed by atoms with Crippen molar-refractivity contribution in [2.24, 2.45) is 0 Å². The van der Waals surface area contributed by atoms with Gasteiger partial charge in [-0.25, -0.2) is 0 Å². The number of rotatable bonds is 2. The fourth-order valence-electron chi connectivity index (χ4n) is 1.31. The number of hydrogen-bond donors (Lipinski definition) is 0. The van der Waals surface area contributed by atoms with E-state index in [1.165, 1.54) is 16.9 Å². The van der Waals surface area contributed by atoms with Gasteiger partial charge in [-0.1, -0.05) is 20.8 Å². The molecule has 0 saturated heterocycles. The summed E-state index contributed by atoms with van der Waals surface area (Å²) in [7, 11) is 0. The van der Waals surface area contributed by atoms with Crippen molar-refractivity contribution in [2.45, 2.75) is 40.0 Å². The Morgan fingerprint density at radius 3 is 2.36 bits per heavy atom. The van der Waals surface area contributed by atoms with Gasteiger partial charge >= 0.3 is 0 Å². The highest BCUT2D eigenvalue weighted by molar-refractivity contribution is 7.12. The smallest absolute Gasteiger partial charge is 0.0103 e. The van der Waals surface area contributed by atoms with Crippen LogP contribution in [0.5, 0.6) is 0 Å². The average Bonchev–Trinajstić information content (AvgIpc) is 2.30. The van der Waals surface area contributed by atoms with Gasteiger partial charge in [0.25, 0.3) is 0 Å². The van der Waals surface area contributed by atoms with Crippen LogP contribution >= 0.6 is 11.3 Å². The molecule has 0 aliphatic rings. The minimum absolute atomic E-state index is 0.695. The van der Waals surface area contributed by atoms with Crippen molar-refractivity contribution in [2.75, 3.05) is 0 Å². The maximum atomic E-state index is 2.32. The zero-order chi connectivity index (χ0) is 8.43. The van der Waals surface area contributed by atoms with Crippen LogP contribution in [0.3, 0.4) is 0 Å². The van der Waals surface area contributed by atoms with Crippen molar-refractivity contribution in [3.8, 4) is 0 Å². The molecule has 0 fully saturated rings. The van der Waals surface area contributed by atoms with E-state index in [1.54, 1.807) is 4.88 Å². The Morgan fingerprint density at radius 2 is 2.09 bits per heavy atom. The average molecular weight is 168 g/mol. The second-order valence-electron chi connectivity index (χ2n) is 3.27. The van der Waals surface area contributed by atoms with E-state index in [9.17, 15) is 0 Å². The Kier molecular flexibility index (Phi) is 2.72. The minimum atomic E-state index is 0.695. The fourth-order valence-corrected chi connectivity index (χ4v) is 2.43. The zero-order valence-corrected chi connectivity index (χ0v) is 8.59. The Bertz CT molecular complexity index is 233. The first-order valence-electron chi connectivity index (χ1n) is 4.24. The molecule has 0 unspecified atom stereocenters. The van der Waals surface area contributed by atoms with Crippen molar-refractivity contribution in [3.63, 3.8) is 0 Å². The molecule has 1 heterocycles. The first kappa shape index (κ1) is 8.79. The largest absolute Gasteiger partial charge is 0.145 e. The third-order valence-corrected chi connectivity index (χ3v) is 3.56. The van der Waals surface area contributed by atoms with Crippen LogP contribution in [0, 0.1) is 6.92 Å². The quantitative estimate of drug-likeness (QED) is 0.631. The van der Waals surface area contributed by atoms with Gasteiger partial charge in [-0.05, 0) is 30.9 Å². The highest BCUT2D eigenvalue weighted by atomic mass is 32.1. The van der Waals surface area contributed by atoms with Crippen molar-refractivity contribution in [1.82, 2.24) is 0 Å². The molecule has 0 aliphatic heterocycles. The molecule has 1 aromatic heterocycles. The molecular weight excluding hydrogens is 152 g/mol. The van der Waals surface area contributed by atoms with E-state index in [0.717, 1.165) is 0 Å². The van der Waals surface area contributed by atoms with E-state index in [4.69, 9.17) is 0 Å². The lowest BCUT2D eigenvalue weighted by Crippen LogP contribution is -1.82. The number of hydrogen-bond acceptors (Lipinski definition) is 1. The molecule has 0 nitrogen and oxygen atoms in total. The molecule has 0 N–H and O–H groups in total. The van der Waals surface area contributed by atoms with E-state index in [2.05, 4.69) is 33.8 Å². The molecule has 0 spiro atoms. The van der Waals surface area contributed by atoms with Gasteiger partial charge in [0, 0.05) is 9.75 Å². The second kappa shape index (κ2) is 3.40. The third kappa shape index (κ3) is 1.84. The molecule has 0 saturated carbocycles. The lowest BCUT2D eigenvalue weighted by atomic mass is 10.1. The Labute approximate surface area is 73.3 Å². The molecule has 0 atom stereocenters. The van der Waals surface area contributed by atoms with Crippen LogP contribution in [0.25, 0.3) is 0 Å². The highest BCUT2D eigenvalue weighted by Crippen LogP contribution is 2.28. The summed E-state index contributed by atoms with van der Waals surface area (Å²) in [4.78, 5) is 3.08. The van der Waals surface area contributed by atoms with Crippen LogP contribution in [-0.4, -0.2) is 0 Å². The lowest BCUT2D eigenvalue weighted by molar-refractivity contribution is 0.881. The maximum absolute atomic E-state index is 2.32. The van der Waals surface area contributed by atoms with Gasteiger partial charge in [-0.3, -0.25) is 0 Å². The molecule has 1 rings (SSSR count). The maximum Gasteiger partial charge on any atom is 0.0103 e. The van der Waals surface area contributed by atoms with Gasteiger partial charge in [0.05, 0.1) is 0 Å². The van der Waals surface area contributed by atoms with E-state index < -0.39 is 0 Å². The Morgan fingerprint density at radius 1 is 1.45 bits per heavy atom. The monoisotopic (exact) mass is 168 g/mol. The summed E-state index contributed by atoms with van der Waals surface area (Å²) in [5, 5.41) is 0. The van der Waals surface area contributed by atoms with E-state index in [1.807, 2.05) is 11.3 Å². The molecule has 0 aliphatic carbocycles. The molecule has 1 heteroatoms. The summed E-state index contributed by atoms with van der Waals surface area (Å²) in [5.74, 6) is 0.695. The van der Waals surface area contributed by atoms with Gasteiger partial charge in [-0.15, -0.1) is 11.3 Å². The lowest BCUT2D eigenvalue weighted by Gasteiger charge is -2.00. The van der Waals surface area contributed by atoms with Crippen LogP contribution < -0.4 is 0 Å². The molecule has 62 valence electrons. The van der Waals surface area contributed by atoms with Crippen molar-refractivity contribution in [3.05, 3.63) is 21.4 Å². The predicted molar refractivity (Wildman–Crippen MR) is 52.5 cm³/mol. The standard InChI is InChI=1S/C10H16S/c1-5-9-6-8(4)10(11-9)7(2)3/h6-7H,5H2,1-4H3. The van der Waals surface area contributed by atoms with E-state index >= 15 is 0 Å².